The maximum absolute atomic E-state index is 12.2. The Morgan fingerprint density at radius 1 is 1.20 bits per heavy atom. The van der Waals surface area contributed by atoms with Gasteiger partial charge in [0.15, 0.2) is 0 Å². The highest BCUT2D eigenvalue weighted by atomic mass is 16.5. The van der Waals surface area contributed by atoms with Gasteiger partial charge in [-0.1, -0.05) is 0 Å². The van der Waals surface area contributed by atoms with E-state index in [4.69, 9.17) is 14.9 Å². The van der Waals surface area contributed by atoms with E-state index in [1.807, 2.05) is 0 Å². The molecule has 0 aromatic heterocycles. The fourth-order valence-corrected chi connectivity index (χ4v) is 3.11. The van der Waals surface area contributed by atoms with E-state index in [1.54, 1.807) is 0 Å². The zero-order valence-corrected chi connectivity index (χ0v) is 16.1. The van der Waals surface area contributed by atoms with Crippen molar-refractivity contribution >= 4 is 35.7 Å². The van der Waals surface area contributed by atoms with Gasteiger partial charge in [0.2, 0.25) is 17.7 Å². The van der Waals surface area contributed by atoms with Crippen molar-refractivity contribution in [2.75, 3.05) is 13.1 Å². The van der Waals surface area contributed by atoms with Crippen molar-refractivity contribution < 1.29 is 43.7 Å². The van der Waals surface area contributed by atoms with Crippen LogP contribution in [0.3, 0.4) is 0 Å². The van der Waals surface area contributed by atoms with Gasteiger partial charge in [0.05, 0.1) is 6.42 Å². The van der Waals surface area contributed by atoms with E-state index in [2.05, 4.69) is 16.0 Å². The molecule has 0 aliphatic carbocycles. The van der Waals surface area contributed by atoms with E-state index >= 15 is 0 Å². The molecule has 0 unspecified atom stereocenters. The number of hydrogen-bond acceptors (Lipinski definition) is 7. The number of carbonyl (C=O) groups is 6. The van der Waals surface area contributed by atoms with E-state index < -0.39 is 54.6 Å². The SMILES string of the molecule is O=C(O)C[C@H](NC(=O)CCCNC(=O)[C@@H]1CC[C@H](N2CCC(=O)NC2=O)O1)C(=O)O. The van der Waals surface area contributed by atoms with Gasteiger partial charge in [0.25, 0.3) is 0 Å². The number of amides is 5. The van der Waals surface area contributed by atoms with Crippen LogP contribution in [0.4, 0.5) is 4.79 Å². The summed E-state index contributed by atoms with van der Waals surface area (Å²) in [5.41, 5.74) is 0. The van der Waals surface area contributed by atoms with Crippen LogP contribution in [0, 0.1) is 0 Å². The first-order valence-corrected chi connectivity index (χ1v) is 9.45. The summed E-state index contributed by atoms with van der Waals surface area (Å²) in [5, 5.41) is 24.4. The number of aliphatic carboxylic acids is 2. The molecule has 2 aliphatic rings. The number of imide groups is 1. The number of carbonyl (C=O) groups excluding carboxylic acids is 4. The van der Waals surface area contributed by atoms with Gasteiger partial charge in [-0.2, -0.15) is 0 Å². The summed E-state index contributed by atoms with van der Waals surface area (Å²) >= 11 is 0. The Bertz CT molecular complexity index is 726. The van der Waals surface area contributed by atoms with Crippen molar-refractivity contribution in [1.29, 1.82) is 0 Å². The third-order valence-electron chi connectivity index (χ3n) is 4.62. The van der Waals surface area contributed by atoms with E-state index in [-0.39, 0.29) is 38.3 Å². The average molecular weight is 428 g/mol. The average Bonchev–Trinajstić information content (AvgIpc) is 3.14. The third kappa shape index (κ3) is 6.69. The lowest BCUT2D eigenvalue weighted by Gasteiger charge is -2.31. The molecule has 2 aliphatic heterocycles. The summed E-state index contributed by atoms with van der Waals surface area (Å²) < 4.78 is 5.60. The Morgan fingerprint density at radius 3 is 2.57 bits per heavy atom. The van der Waals surface area contributed by atoms with Crippen LogP contribution in [0.15, 0.2) is 0 Å². The van der Waals surface area contributed by atoms with Crippen molar-refractivity contribution in [2.45, 2.75) is 56.9 Å². The molecule has 5 N–H and O–H groups in total. The zero-order chi connectivity index (χ0) is 22.3. The first kappa shape index (κ1) is 23.1. The summed E-state index contributed by atoms with van der Waals surface area (Å²) in [5.74, 6) is -4.19. The predicted octanol–water partition coefficient (Wildman–Crippen LogP) is -1.63. The molecule has 5 amide bonds. The van der Waals surface area contributed by atoms with Crippen molar-refractivity contribution in [3.8, 4) is 0 Å². The van der Waals surface area contributed by atoms with E-state index in [1.165, 1.54) is 4.90 Å². The minimum atomic E-state index is -1.52. The minimum Gasteiger partial charge on any atom is -0.481 e. The summed E-state index contributed by atoms with van der Waals surface area (Å²) in [6, 6.07) is -2.07. The van der Waals surface area contributed by atoms with Crippen LogP contribution in [0.5, 0.6) is 0 Å². The van der Waals surface area contributed by atoms with Crippen molar-refractivity contribution in [2.24, 2.45) is 0 Å². The summed E-state index contributed by atoms with van der Waals surface area (Å²) in [4.78, 5) is 69.8. The van der Waals surface area contributed by atoms with Crippen molar-refractivity contribution in [1.82, 2.24) is 20.9 Å². The molecule has 0 aromatic carbocycles. The highest BCUT2D eigenvalue weighted by molar-refractivity contribution is 5.96. The largest absolute Gasteiger partial charge is 0.481 e. The van der Waals surface area contributed by atoms with Crippen LogP contribution in [0.25, 0.3) is 0 Å². The summed E-state index contributed by atoms with van der Waals surface area (Å²) in [6.07, 6.45) is -0.972. The molecule has 2 fully saturated rings. The van der Waals surface area contributed by atoms with Gasteiger partial charge in [-0.15, -0.1) is 0 Å². The summed E-state index contributed by atoms with van der Waals surface area (Å²) in [7, 11) is 0. The van der Waals surface area contributed by atoms with Crippen LogP contribution >= 0.6 is 0 Å². The standard InChI is InChI=1S/C17H24N4O9/c22-11(19-9(16(27)28)8-14(24)25)2-1-6-18-15(26)10-3-4-13(30-10)21-7-5-12(23)20-17(21)29/h9-10,13H,1-8H2,(H,18,26)(H,19,22)(H,24,25)(H,27,28)(H,20,23,29)/t9-,10-,13+/m0/s1. The van der Waals surface area contributed by atoms with Gasteiger partial charge in [-0.3, -0.25) is 29.4 Å². The fraction of sp³-hybridized carbons (Fsp3) is 0.647. The Balaban J connectivity index is 1.67. The molecule has 0 spiro atoms. The molecule has 0 bridgehead atoms. The molecule has 0 saturated carbocycles. The highest BCUT2D eigenvalue weighted by Gasteiger charge is 2.38. The Labute approximate surface area is 171 Å². The number of nitrogens with one attached hydrogen (secondary N) is 3. The first-order valence-electron chi connectivity index (χ1n) is 9.45. The molecule has 2 rings (SSSR count). The number of carboxylic acid groups (broad SMARTS) is 2. The van der Waals surface area contributed by atoms with E-state index in [0.717, 1.165) is 0 Å². The molecule has 30 heavy (non-hydrogen) atoms. The lowest BCUT2D eigenvalue weighted by Crippen LogP contribution is -2.53. The van der Waals surface area contributed by atoms with Crippen LogP contribution in [-0.2, 0) is 28.7 Å². The Kier molecular flexibility index (Phi) is 8.09. The molecule has 13 nitrogen and oxygen atoms in total. The number of nitrogens with zero attached hydrogens (tertiary/aromatic N) is 1. The second-order valence-electron chi connectivity index (χ2n) is 6.90. The van der Waals surface area contributed by atoms with Crippen molar-refractivity contribution in [3.63, 3.8) is 0 Å². The van der Waals surface area contributed by atoms with Crippen LogP contribution in [0.2, 0.25) is 0 Å². The predicted molar refractivity (Wildman–Crippen MR) is 96.8 cm³/mol. The molecule has 0 radical (unpaired) electrons. The minimum absolute atomic E-state index is 0.0974. The maximum atomic E-state index is 12.2. The second kappa shape index (κ2) is 10.5. The van der Waals surface area contributed by atoms with Crippen LogP contribution in [-0.4, -0.2) is 82.3 Å². The molecule has 13 heteroatoms. The molecule has 3 atom stereocenters. The number of urea groups is 1. The molecular weight excluding hydrogens is 404 g/mol. The van der Waals surface area contributed by atoms with E-state index in [0.29, 0.717) is 12.8 Å². The van der Waals surface area contributed by atoms with Gasteiger partial charge in [0, 0.05) is 25.9 Å². The molecule has 2 heterocycles. The number of ether oxygens (including phenoxy) is 1. The lowest BCUT2D eigenvalue weighted by molar-refractivity contribution is -0.147. The van der Waals surface area contributed by atoms with Crippen LogP contribution in [0.1, 0.15) is 38.5 Å². The van der Waals surface area contributed by atoms with Gasteiger partial charge in [-0.25, -0.2) is 9.59 Å². The topological polar surface area (TPSA) is 191 Å². The normalized spacial score (nSPS) is 22.2. The van der Waals surface area contributed by atoms with E-state index in [9.17, 15) is 28.8 Å². The molecular formula is C17H24N4O9. The first-order chi connectivity index (χ1) is 14.2. The van der Waals surface area contributed by atoms with Gasteiger partial charge in [0.1, 0.15) is 18.4 Å². The number of hydrogen-bond donors (Lipinski definition) is 5. The van der Waals surface area contributed by atoms with Gasteiger partial charge in [-0.05, 0) is 19.3 Å². The third-order valence-corrected chi connectivity index (χ3v) is 4.62. The Hall–Kier alpha value is -3.22. The highest BCUT2D eigenvalue weighted by Crippen LogP contribution is 2.24. The lowest BCUT2D eigenvalue weighted by atomic mass is 10.2. The zero-order valence-electron chi connectivity index (χ0n) is 16.1. The van der Waals surface area contributed by atoms with Gasteiger partial charge < -0.3 is 25.6 Å². The summed E-state index contributed by atoms with van der Waals surface area (Å²) in [6.45, 7) is 0.351. The quantitative estimate of drug-likeness (QED) is 0.254. The number of rotatable bonds is 10. The van der Waals surface area contributed by atoms with Crippen LogP contribution < -0.4 is 16.0 Å². The molecule has 2 saturated heterocycles. The van der Waals surface area contributed by atoms with Crippen molar-refractivity contribution in [3.05, 3.63) is 0 Å². The van der Waals surface area contributed by atoms with Gasteiger partial charge >= 0.3 is 18.0 Å². The second-order valence-corrected chi connectivity index (χ2v) is 6.90. The number of carboxylic acids is 2. The monoisotopic (exact) mass is 428 g/mol. The fourth-order valence-electron chi connectivity index (χ4n) is 3.11. The smallest absolute Gasteiger partial charge is 0.326 e. The maximum Gasteiger partial charge on any atom is 0.326 e. The Morgan fingerprint density at radius 2 is 1.93 bits per heavy atom. The molecule has 0 aromatic rings. The molecule has 166 valence electrons.